The molecule has 0 fully saturated rings. The van der Waals surface area contributed by atoms with E-state index in [1.165, 1.54) is 36.4 Å². The van der Waals surface area contributed by atoms with Crippen LogP contribution in [0.15, 0.2) is 53.4 Å². The molecule has 0 saturated carbocycles. The fourth-order valence-corrected chi connectivity index (χ4v) is 2.19. The van der Waals surface area contributed by atoms with Crippen molar-refractivity contribution in [3.63, 3.8) is 0 Å². The number of carbonyl (C=O) groups is 1. The van der Waals surface area contributed by atoms with Crippen molar-refractivity contribution in [2.24, 2.45) is 0 Å². The Bertz CT molecular complexity index is 649. The van der Waals surface area contributed by atoms with Gasteiger partial charge >= 0.3 is 30.3 Å². The molecule has 0 spiro atoms. The van der Waals surface area contributed by atoms with Crippen LogP contribution in [0.1, 0.15) is 17.3 Å². The standard InChI is InChI=1S/C15H11F3O3S.Li.H/c16-15(17,18)22-13-7-1-10(2-8-13)9-21-12-5-3-11(4-6-12)14(19)20;;/h1-8H,9H2,(H,19,20);;/q;+1;-1. The molecule has 0 unspecified atom stereocenters. The van der Waals surface area contributed by atoms with E-state index in [1.54, 1.807) is 12.1 Å². The van der Waals surface area contributed by atoms with Crippen molar-refractivity contribution in [1.29, 1.82) is 0 Å². The normalized spacial score (nSPS) is 10.7. The van der Waals surface area contributed by atoms with Gasteiger partial charge in [0.25, 0.3) is 0 Å². The van der Waals surface area contributed by atoms with Crippen molar-refractivity contribution in [2.75, 3.05) is 0 Å². The predicted molar refractivity (Wildman–Crippen MR) is 77.2 cm³/mol. The first kappa shape index (κ1) is 19.5. The van der Waals surface area contributed by atoms with Gasteiger partial charge in [0.15, 0.2) is 0 Å². The first-order chi connectivity index (χ1) is 10.3. The second-order valence-electron chi connectivity index (χ2n) is 4.31. The van der Waals surface area contributed by atoms with Crippen molar-refractivity contribution in [1.82, 2.24) is 0 Å². The zero-order valence-electron chi connectivity index (χ0n) is 13.1. The number of alkyl halides is 3. The Morgan fingerprint density at radius 2 is 1.65 bits per heavy atom. The Hall–Kier alpha value is -1.55. The minimum Gasteiger partial charge on any atom is -1.00 e. The fraction of sp³-hybridized carbons (Fsp3) is 0.133. The number of benzene rings is 2. The average molecular weight is 336 g/mol. The third-order valence-corrected chi connectivity index (χ3v) is 3.40. The molecule has 0 aliphatic heterocycles. The molecule has 0 saturated heterocycles. The molecule has 8 heteroatoms. The van der Waals surface area contributed by atoms with Crippen LogP contribution in [-0.4, -0.2) is 16.6 Å². The molecule has 2 aromatic rings. The molecule has 2 rings (SSSR count). The van der Waals surface area contributed by atoms with Crippen LogP contribution < -0.4 is 23.6 Å². The van der Waals surface area contributed by atoms with Crippen molar-refractivity contribution in [3.8, 4) is 5.75 Å². The van der Waals surface area contributed by atoms with Gasteiger partial charge in [-0.05, 0) is 53.7 Å². The Kier molecular flexibility index (Phi) is 7.07. The number of rotatable bonds is 5. The molecule has 118 valence electrons. The molecule has 0 heterocycles. The summed E-state index contributed by atoms with van der Waals surface area (Å²) in [5.41, 5.74) is -3.43. The Labute approximate surface area is 148 Å². The number of aromatic carboxylic acids is 1. The fourth-order valence-electron chi connectivity index (χ4n) is 1.65. The van der Waals surface area contributed by atoms with Gasteiger partial charge in [-0.25, -0.2) is 4.79 Å². The molecule has 0 aliphatic rings. The predicted octanol–water partition coefficient (Wildman–Crippen LogP) is 1.69. The van der Waals surface area contributed by atoms with Gasteiger partial charge < -0.3 is 11.3 Å². The molecule has 23 heavy (non-hydrogen) atoms. The average Bonchev–Trinajstić information content (AvgIpc) is 2.45. The summed E-state index contributed by atoms with van der Waals surface area (Å²) in [6.45, 7) is 0.184. The van der Waals surface area contributed by atoms with Crippen molar-refractivity contribution < 1.29 is 48.1 Å². The quantitative estimate of drug-likeness (QED) is 0.667. The number of halogens is 3. The van der Waals surface area contributed by atoms with Crippen LogP contribution in [0.2, 0.25) is 0 Å². The summed E-state index contributed by atoms with van der Waals surface area (Å²) in [4.78, 5) is 10.8. The van der Waals surface area contributed by atoms with Gasteiger partial charge in [-0.15, -0.1) is 0 Å². The van der Waals surface area contributed by atoms with Crippen LogP contribution in [-0.2, 0) is 6.61 Å². The maximum absolute atomic E-state index is 12.2. The smallest absolute Gasteiger partial charge is 1.00 e. The van der Waals surface area contributed by atoms with Crippen molar-refractivity contribution in [3.05, 3.63) is 59.7 Å². The molecular formula is C15H12F3LiO3S. The molecule has 3 nitrogen and oxygen atoms in total. The Morgan fingerprint density at radius 1 is 1.09 bits per heavy atom. The number of carboxylic acid groups (broad SMARTS) is 1. The van der Waals surface area contributed by atoms with Gasteiger partial charge in [0, 0.05) is 4.90 Å². The van der Waals surface area contributed by atoms with Crippen LogP contribution in [0.4, 0.5) is 13.2 Å². The van der Waals surface area contributed by atoms with Gasteiger partial charge in [-0.3, -0.25) is 0 Å². The summed E-state index contributed by atoms with van der Waals surface area (Å²) in [6, 6.07) is 11.8. The molecule has 0 bridgehead atoms. The molecule has 2 aromatic carbocycles. The van der Waals surface area contributed by atoms with E-state index >= 15 is 0 Å². The van der Waals surface area contributed by atoms with Crippen LogP contribution >= 0.6 is 11.8 Å². The van der Waals surface area contributed by atoms with Crippen molar-refractivity contribution in [2.45, 2.75) is 17.0 Å². The third-order valence-electron chi connectivity index (χ3n) is 2.66. The molecule has 0 radical (unpaired) electrons. The number of hydrogen-bond acceptors (Lipinski definition) is 3. The summed E-state index contributed by atoms with van der Waals surface area (Å²) in [6.07, 6.45) is 0. The van der Waals surface area contributed by atoms with Crippen LogP contribution in [0, 0.1) is 0 Å². The van der Waals surface area contributed by atoms with Gasteiger partial charge in [-0.2, -0.15) is 13.2 Å². The van der Waals surface area contributed by atoms with Gasteiger partial charge in [0.1, 0.15) is 12.4 Å². The molecule has 0 aromatic heterocycles. The van der Waals surface area contributed by atoms with Gasteiger partial charge in [-0.1, -0.05) is 12.1 Å². The number of ether oxygens (including phenoxy) is 1. The number of thioether (sulfide) groups is 1. The first-order valence-corrected chi connectivity index (χ1v) is 6.96. The van der Waals surface area contributed by atoms with Crippen molar-refractivity contribution >= 4 is 17.7 Å². The zero-order valence-corrected chi connectivity index (χ0v) is 12.9. The maximum atomic E-state index is 12.2. The number of carboxylic acids is 1. The van der Waals surface area contributed by atoms with Crippen LogP contribution in [0.5, 0.6) is 5.75 Å². The monoisotopic (exact) mass is 336 g/mol. The Balaban J connectivity index is 0.00000264. The number of hydrogen-bond donors (Lipinski definition) is 1. The van der Waals surface area contributed by atoms with E-state index in [0.29, 0.717) is 11.3 Å². The molecule has 0 amide bonds. The second kappa shape index (κ2) is 8.34. The summed E-state index contributed by atoms with van der Waals surface area (Å²) >= 11 is -0.168. The van der Waals surface area contributed by atoms with Gasteiger partial charge in [0.2, 0.25) is 0 Å². The van der Waals surface area contributed by atoms with E-state index in [4.69, 9.17) is 9.84 Å². The van der Waals surface area contributed by atoms with E-state index in [9.17, 15) is 18.0 Å². The molecule has 0 atom stereocenters. The SMILES string of the molecule is O=C(O)c1ccc(OCc2ccc(SC(F)(F)F)cc2)cc1.[H-].[Li+]. The summed E-state index contributed by atoms with van der Waals surface area (Å²) in [5, 5.41) is 8.77. The van der Waals surface area contributed by atoms with E-state index < -0.39 is 11.5 Å². The van der Waals surface area contributed by atoms with Gasteiger partial charge in [0.05, 0.1) is 5.56 Å². The van der Waals surface area contributed by atoms with Crippen LogP contribution in [0.3, 0.4) is 0 Å². The summed E-state index contributed by atoms with van der Waals surface area (Å²) in [7, 11) is 0. The van der Waals surface area contributed by atoms with Crippen LogP contribution in [0.25, 0.3) is 0 Å². The summed E-state index contributed by atoms with van der Waals surface area (Å²) < 4.78 is 42.0. The minimum absolute atomic E-state index is 0. The largest absolute Gasteiger partial charge is 1.00 e. The Morgan fingerprint density at radius 3 is 2.13 bits per heavy atom. The topological polar surface area (TPSA) is 46.5 Å². The van der Waals surface area contributed by atoms with E-state index in [-0.39, 0.29) is 49.1 Å². The molecular weight excluding hydrogens is 324 g/mol. The van der Waals surface area contributed by atoms with E-state index in [1.807, 2.05) is 0 Å². The maximum Gasteiger partial charge on any atom is 1.00 e. The second-order valence-corrected chi connectivity index (χ2v) is 5.45. The molecule has 1 N–H and O–H groups in total. The minimum atomic E-state index is -4.30. The van der Waals surface area contributed by atoms with E-state index in [2.05, 4.69) is 0 Å². The third kappa shape index (κ3) is 6.61. The first-order valence-electron chi connectivity index (χ1n) is 6.14. The summed E-state index contributed by atoms with van der Waals surface area (Å²) in [5.74, 6) is -0.539. The zero-order chi connectivity index (χ0) is 16.2. The molecule has 0 aliphatic carbocycles. The van der Waals surface area contributed by atoms with E-state index in [0.717, 1.165) is 0 Å².